The van der Waals surface area contributed by atoms with Gasteiger partial charge in [-0.2, -0.15) is 4.98 Å². The van der Waals surface area contributed by atoms with Crippen molar-refractivity contribution in [3.63, 3.8) is 0 Å². The van der Waals surface area contributed by atoms with Crippen LogP contribution in [-0.4, -0.2) is 47.7 Å². The topological polar surface area (TPSA) is 151 Å². The monoisotopic (exact) mass is 582 g/mol. The molecule has 218 valence electrons. The second-order valence-electron chi connectivity index (χ2n) is 9.20. The molecule has 1 amide bonds. The van der Waals surface area contributed by atoms with E-state index in [0.29, 0.717) is 50.7 Å². The van der Waals surface area contributed by atoms with Gasteiger partial charge in [0.2, 0.25) is 5.88 Å². The Morgan fingerprint density at radius 2 is 1.70 bits per heavy atom. The van der Waals surface area contributed by atoms with Gasteiger partial charge in [-0.15, -0.1) is 0 Å². The van der Waals surface area contributed by atoms with E-state index in [9.17, 15) is 14.0 Å². The number of aromatic nitrogens is 3. The van der Waals surface area contributed by atoms with Crippen LogP contribution in [0.5, 0.6) is 11.9 Å². The predicted molar refractivity (Wildman–Crippen MR) is 160 cm³/mol. The highest BCUT2D eigenvalue weighted by atomic mass is 19.1. The van der Waals surface area contributed by atoms with Crippen molar-refractivity contribution in [3.8, 4) is 23.0 Å². The molecule has 0 bridgehead atoms. The number of anilines is 4. The maximum atomic E-state index is 13.8. The minimum Gasteiger partial charge on any atom is -0.480 e. The van der Waals surface area contributed by atoms with Crippen LogP contribution in [0, 0.1) is 5.82 Å². The van der Waals surface area contributed by atoms with Crippen LogP contribution in [0.15, 0.2) is 73.1 Å². The molecule has 12 heteroatoms. The van der Waals surface area contributed by atoms with Crippen molar-refractivity contribution in [2.24, 2.45) is 5.73 Å². The molecule has 43 heavy (non-hydrogen) atoms. The summed E-state index contributed by atoms with van der Waals surface area (Å²) in [5.74, 6) is -1.36. The molecule has 0 fully saturated rings. The first kappa shape index (κ1) is 28.7. The first-order valence-corrected chi connectivity index (χ1v) is 13.1. The molecule has 0 aliphatic rings. The molecule has 0 saturated carbocycles. The number of carbonyl (C=O) groups excluding carboxylic acids is 2. The van der Waals surface area contributed by atoms with Gasteiger partial charge in [-0.1, -0.05) is 18.2 Å². The summed E-state index contributed by atoms with van der Waals surface area (Å²) in [4.78, 5) is 38.1. The number of carbonyl (C=O) groups is 2. The van der Waals surface area contributed by atoms with E-state index in [1.165, 1.54) is 32.5 Å². The number of esters is 1. The summed E-state index contributed by atoms with van der Waals surface area (Å²) < 4.78 is 29.6. The summed E-state index contributed by atoms with van der Waals surface area (Å²) in [6, 6.07) is 16.3. The van der Waals surface area contributed by atoms with Crippen molar-refractivity contribution in [2.75, 3.05) is 31.5 Å². The van der Waals surface area contributed by atoms with Gasteiger partial charge in [0.15, 0.2) is 0 Å². The number of nitrogens with zero attached hydrogens (tertiary/aromatic N) is 3. The average Bonchev–Trinajstić information content (AvgIpc) is 3.00. The van der Waals surface area contributed by atoms with E-state index in [1.807, 2.05) is 0 Å². The van der Waals surface area contributed by atoms with Gasteiger partial charge in [0.1, 0.15) is 5.82 Å². The predicted octanol–water partition coefficient (Wildman–Crippen LogP) is 5.61. The van der Waals surface area contributed by atoms with Gasteiger partial charge in [-0.05, 0) is 55.0 Å². The van der Waals surface area contributed by atoms with Gasteiger partial charge < -0.3 is 30.6 Å². The second kappa shape index (κ2) is 12.4. The van der Waals surface area contributed by atoms with E-state index < -0.39 is 17.7 Å². The first-order chi connectivity index (χ1) is 20.8. The highest BCUT2D eigenvalue weighted by Gasteiger charge is 2.18. The van der Waals surface area contributed by atoms with Gasteiger partial charge in [-0.25, -0.2) is 14.2 Å². The highest BCUT2D eigenvalue weighted by Crippen LogP contribution is 2.35. The number of rotatable bonds is 10. The zero-order chi connectivity index (χ0) is 30.5. The fraction of sp³-hybridized carbons (Fsp3) is 0.129. The molecule has 3 aromatic carbocycles. The molecule has 0 radical (unpaired) electrons. The molecule has 0 saturated heterocycles. The number of amides is 1. The number of pyridine rings is 1. The van der Waals surface area contributed by atoms with Gasteiger partial charge in [-0.3, -0.25) is 9.78 Å². The van der Waals surface area contributed by atoms with Crippen molar-refractivity contribution >= 4 is 45.5 Å². The Balaban J connectivity index is 1.60. The lowest BCUT2D eigenvalue weighted by Crippen LogP contribution is -2.14. The Morgan fingerprint density at radius 3 is 2.40 bits per heavy atom. The zero-order valence-electron chi connectivity index (χ0n) is 23.5. The van der Waals surface area contributed by atoms with Crippen molar-refractivity contribution in [1.82, 2.24) is 15.0 Å². The summed E-state index contributed by atoms with van der Waals surface area (Å²) in [6.45, 7) is 1.88. The molecule has 0 unspecified atom stereocenters. The zero-order valence-corrected chi connectivity index (χ0v) is 23.5. The van der Waals surface area contributed by atoms with Crippen LogP contribution in [0.4, 0.5) is 27.1 Å². The van der Waals surface area contributed by atoms with Crippen LogP contribution in [0.25, 0.3) is 22.0 Å². The largest absolute Gasteiger partial charge is 0.480 e. The lowest BCUT2D eigenvalue weighted by molar-refractivity contribution is 0.0526. The van der Waals surface area contributed by atoms with Crippen LogP contribution < -0.4 is 25.8 Å². The molecule has 2 heterocycles. The van der Waals surface area contributed by atoms with Gasteiger partial charge in [0.25, 0.3) is 5.91 Å². The quantitative estimate of drug-likeness (QED) is 0.177. The summed E-state index contributed by atoms with van der Waals surface area (Å²) >= 11 is 0. The lowest BCUT2D eigenvalue weighted by Gasteiger charge is -2.17. The van der Waals surface area contributed by atoms with Crippen LogP contribution in [0.1, 0.15) is 27.6 Å². The molecule has 11 nitrogen and oxygen atoms in total. The molecular formula is C31H27FN6O5. The van der Waals surface area contributed by atoms with Crippen LogP contribution in [0.3, 0.4) is 0 Å². The molecule has 5 aromatic rings. The maximum Gasteiger partial charge on any atom is 0.338 e. The van der Waals surface area contributed by atoms with E-state index in [1.54, 1.807) is 61.7 Å². The van der Waals surface area contributed by atoms with E-state index in [0.717, 1.165) is 0 Å². The van der Waals surface area contributed by atoms with E-state index in [2.05, 4.69) is 25.6 Å². The van der Waals surface area contributed by atoms with Crippen LogP contribution in [0.2, 0.25) is 0 Å². The van der Waals surface area contributed by atoms with Crippen molar-refractivity contribution in [1.29, 1.82) is 0 Å². The summed E-state index contributed by atoms with van der Waals surface area (Å²) in [5.41, 5.74) is 9.71. The molecule has 4 N–H and O–H groups in total. The van der Waals surface area contributed by atoms with Crippen LogP contribution >= 0.6 is 0 Å². The minimum atomic E-state index is -0.703. The third-order valence-corrected chi connectivity index (χ3v) is 6.38. The summed E-state index contributed by atoms with van der Waals surface area (Å²) in [7, 11) is 2.95. The van der Waals surface area contributed by atoms with E-state index in [-0.39, 0.29) is 23.7 Å². The molecule has 0 aliphatic heterocycles. The fourth-order valence-corrected chi connectivity index (χ4v) is 4.47. The number of hydrogen-bond donors (Lipinski definition) is 3. The van der Waals surface area contributed by atoms with Crippen molar-refractivity contribution in [2.45, 2.75) is 6.92 Å². The van der Waals surface area contributed by atoms with E-state index in [4.69, 9.17) is 19.9 Å². The lowest BCUT2D eigenvalue weighted by atomic mass is 10.0. The first-order valence-electron chi connectivity index (χ1n) is 13.1. The van der Waals surface area contributed by atoms with E-state index >= 15 is 0 Å². The molecule has 0 aliphatic carbocycles. The molecular weight excluding hydrogens is 555 g/mol. The Hall–Kier alpha value is -5.78. The Bertz CT molecular complexity index is 1850. The SMILES string of the molecule is CCOC(=O)c1cc(Nc2cccc(F)c2)cc(Nc2c(C(N)=O)cnc3cc(-c4cnc(OC)nc4OC)ccc23)c1. The van der Waals surface area contributed by atoms with Gasteiger partial charge in [0.05, 0.1) is 48.7 Å². The van der Waals surface area contributed by atoms with Crippen LogP contribution in [-0.2, 0) is 4.74 Å². The fourth-order valence-electron chi connectivity index (χ4n) is 4.47. The molecule has 0 spiro atoms. The number of hydrogen-bond acceptors (Lipinski definition) is 10. The number of benzene rings is 3. The highest BCUT2D eigenvalue weighted by molar-refractivity contribution is 6.08. The Labute approximate surface area is 245 Å². The Morgan fingerprint density at radius 1 is 0.907 bits per heavy atom. The smallest absolute Gasteiger partial charge is 0.338 e. The number of ether oxygens (including phenoxy) is 3. The second-order valence-corrected chi connectivity index (χ2v) is 9.20. The van der Waals surface area contributed by atoms with Gasteiger partial charge in [0, 0.05) is 34.8 Å². The number of halogens is 1. The number of methoxy groups -OCH3 is 2. The number of nitrogens with one attached hydrogen (secondary N) is 2. The standard InChI is InChI=1S/C31H27FN6O5/c1-4-43-30(40)18-10-21(36-20-7-5-6-19(32)13-20)14-22(11-18)37-27-23-9-8-17(12-26(23)34-16-25(27)28(33)39)24-15-35-31(42-3)38-29(24)41-2/h5-16,36H,4H2,1-3H3,(H2,33,39)(H,34,37). The third kappa shape index (κ3) is 6.27. The Kier molecular flexibility index (Phi) is 8.28. The third-order valence-electron chi connectivity index (χ3n) is 6.38. The number of primary amides is 1. The molecule has 2 aromatic heterocycles. The number of fused-ring (bicyclic) bond motifs is 1. The van der Waals surface area contributed by atoms with Crippen molar-refractivity contribution < 1.29 is 28.2 Å². The average molecular weight is 583 g/mol. The summed E-state index contributed by atoms with van der Waals surface area (Å²) in [5, 5.41) is 6.92. The minimum absolute atomic E-state index is 0.131. The maximum absolute atomic E-state index is 13.8. The molecule has 5 rings (SSSR count). The summed E-state index contributed by atoms with van der Waals surface area (Å²) in [6.07, 6.45) is 2.95. The van der Waals surface area contributed by atoms with Gasteiger partial charge >= 0.3 is 12.0 Å². The normalized spacial score (nSPS) is 10.7. The molecule has 0 atom stereocenters. The number of nitrogens with two attached hydrogens (primary N) is 1. The van der Waals surface area contributed by atoms with Crippen molar-refractivity contribution in [3.05, 3.63) is 90.0 Å².